The Morgan fingerprint density at radius 1 is 0.694 bits per heavy atom. The minimum Gasteiger partial charge on any atom is -0.652 e. The smallest absolute Gasteiger partial charge is 0.652 e. The van der Waals surface area contributed by atoms with E-state index in [1.807, 2.05) is 27.7 Å². The van der Waals surface area contributed by atoms with E-state index in [0.717, 1.165) is 13.1 Å². The van der Waals surface area contributed by atoms with Crippen molar-refractivity contribution in [2.75, 3.05) is 41.3 Å². The number of halogens is 5. The van der Waals surface area contributed by atoms with Crippen LogP contribution in [0.1, 0.15) is 50.7 Å². The van der Waals surface area contributed by atoms with Crippen LogP contribution in [-0.4, -0.2) is 51.1 Å². The molecule has 6 nitrogen and oxygen atoms in total. The predicted octanol–water partition coefficient (Wildman–Crippen LogP) is 7.94. The van der Waals surface area contributed by atoms with Crippen LogP contribution >= 0.6 is 0 Å². The van der Waals surface area contributed by atoms with Crippen LogP contribution in [0.4, 0.5) is 33.3 Å². The molecule has 0 saturated carbocycles. The van der Waals surface area contributed by atoms with Gasteiger partial charge in [0.2, 0.25) is 0 Å². The SMILES string of the molecule is CC(C)c1cccc(C(C)C)c1[N-]c1c(F)c(F)c(F)c(F)c1F.CN(C)CCN(C)C.[Co+2].[N-]=[N+]=[N-]. The molecule has 0 aliphatic carbocycles. The van der Waals surface area contributed by atoms with Crippen molar-refractivity contribution in [2.24, 2.45) is 0 Å². The van der Waals surface area contributed by atoms with Crippen molar-refractivity contribution in [3.05, 3.63) is 79.7 Å². The Labute approximate surface area is 220 Å². The summed E-state index contributed by atoms with van der Waals surface area (Å²) >= 11 is 0. The molecule has 0 unspecified atom stereocenters. The molecule has 0 N–H and O–H groups in total. The van der Waals surface area contributed by atoms with Gasteiger partial charge in [0.25, 0.3) is 0 Å². The Kier molecular flexibility index (Phi) is 17.0. The van der Waals surface area contributed by atoms with E-state index >= 15 is 0 Å². The summed E-state index contributed by atoms with van der Waals surface area (Å²) in [4.78, 5) is 5.86. The molecule has 0 bridgehead atoms. The largest absolute Gasteiger partial charge is 2.00 e. The van der Waals surface area contributed by atoms with Gasteiger partial charge in [-0.15, -0.1) is 5.69 Å². The molecule has 2 rings (SSSR count). The number of hydrogen-bond donors (Lipinski definition) is 0. The fourth-order valence-electron chi connectivity index (χ4n) is 2.84. The number of nitrogens with zero attached hydrogens (tertiary/aromatic N) is 6. The summed E-state index contributed by atoms with van der Waals surface area (Å²) in [5.74, 6) is -10.1. The molecular weight excluding hydrogens is 526 g/mol. The van der Waals surface area contributed by atoms with Crippen LogP contribution < -0.4 is 0 Å². The van der Waals surface area contributed by atoms with E-state index in [1.165, 1.54) is 4.91 Å². The Bertz CT molecular complexity index is 930. The van der Waals surface area contributed by atoms with Crippen molar-refractivity contribution in [3.63, 3.8) is 0 Å². The van der Waals surface area contributed by atoms with Crippen LogP contribution in [0.25, 0.3) is 21.3 Å². The van der Waals surface area contributed by atoms with Crippen molar-refractivity contribution < 1.29 is 38.7 Å². The number of benzene rings is 2. The van der Waals surface area contributed by atoms with E-state index in [1.54, 1.807) is 18.2 Å². The summed E-state index contributed by atoms with van der Waals surface area (Å²) in [7, 11) is 8.35. The van der Waals surface area contributed by atoms with Crippen molar-refractivity contribution >= 4 is 11.4 Å². The Morgan fingerprint density at radius 2 is 1.00 bits per heavy atom. The number of likely N-dealkylation sites (N-methyl/N-ethyl adjacent to an activating group) is 2. The molecule has 0 saturated heterocycles. The first-order chi connectivity index (χ1) is 16.2. The zero-order chi connectivity index (χ0) is 27.5. The van der Waals surface area contributed by atoms with Gasteiger partial charge in [-0.1, -0.05) is 62.7 Å². The minimum absolute atomic E-state index is 0. The molecule has 0 fully saturated rings. The van der Waals surface area contributed by atoms with E-state index in [-0.39, 0.29) is 34.3 Å². The molecule has 0 heterocycles. The molecule has 0 aliphatic rings. The quantitative estimate of drug-likeness (QED) is 0.0862. The van der Waals surface area contributed by atoms with Gasteiger partial charge in [0.15, 0.2) is 17.5 Å². The zero-order valence-corrected chi connectivity index (χ0v) is 22.7. The van der Waals surface area contributed by atoms with Crippen LogP contribution in [0, 0.1) is 29.1 Å². The maximum absolute atomic E-state index is 13.9. The maximum atomic E-state index is 13.9. The van der Waals surface area contributed by atoms with E-state index in [2.05, 4.69) is 43.3 Å². The third-order valence-corrected chi connectivity index (χ3v) is 4.75. The first-order valence-corrected chi connectivity index (χ1v) is 10.8. The summed E-state index contributed by atoms with van der Waals surface area (Å²) in [5.41, 5.74) is 13.9. The Morgan fingerprint density at radius 3 is 1.28 bits per heavy atom. The molecule has 36 heavy (non-hydrogen) atoms. The number of para-hydroxylation sites is 1. The normalized spacial score (nSPS) is 10.4. The summed E-state index contributed by atoms with van der Waals surface area (Å²) in [5, 5.41) is 3.85. The van der Waals surface area contributed by atoms with Crippen LogP contribution in [0.2, 0.25) is 0 Å². The molecule has 203 valence electrons. The zero-order valence-electron chi connectivity index (χ0n) is 21.7. The van der Waals surface area contributed by atoms with Crippen LogP contribution in [-0.2, 0) is 16.8 Å². The second kappa shape index (κ2) is 17.1. The summed E-state index contributed by atoms with van der Waals surface area (Å²) in [6.45, 7) is 9.72. The van der Waals surface area contributed by atoms with Crippen LogP contribution in [0.15, 0.2) is 18.2 Å². The van der Waals surface area contributed by atoms with Crippen molar-refractivity contribution in [3.8, 4) is 0 Å². The molecular formula is C24H33CoF5N6. The first-order valence-electron chi connectivity index (χ1n) is 10.8. The Balaban J connectivity index is 0. The molecule has 0 aromatic heterocycles. The molecule has 0 aliphatic heterocycles. The van der Waals surface area contributed by atoms with E-state index in [0.29, 0.717) is 11.1 Å². The second-order valence-electron chi connectivity index (χ2n) is 8.82. The fraction of sp³-hybridized carbons (Fsp3) is 0.500. The maximum Gasteiger partial charge on any atom is 2.00 e. The average molecular weight is 559 g/mol. The van der Waals surface area contributed by atoms with Gasteiger partial charge in [-0.05, 0) is 40.0 Å². The molecule has 0 atom stereocenters. The first kappa shape index (κ1) is 35.8. The second-order valence-corrected chi connectivity index (χ2v) is 8.82. The van der Waals surface area contributed by atoms with Crippen LogP contribution in [0.5, 0.6) is 0 Å². The van der Waals surface area contributed by atoms with Crippen molar-refractivity contribution in [1.82, 2.24) is 9.80 Å². The van der Waals surface area contributed by atoms with Crippen LogP contribution in [0.3, 0.4) is 0 Å². The van der Waals surface area contributed by atoms with Gasteiger partial charge in [-0.2, -0.15) is 0 Å². The summed E-state index contributed by atoms with van der Waals surface area (Å²) < 4.78 is 67.9. The number of hydrogen-bond acceptors (Lipinski definition) is 2. The van der Waals surface area contributed by atoms with Gasteiger partial charge in [0.05, 0.1) is 0 Å². The number of rotatable bonds is 7. The third kappa shape index (κ3) is 10.7. The molecule has 2 aromatic carbocycles. The third-order valence-electron chi connectivity index (χ3n) is 4.75. The topological polar surface area (TPSA) is 79.3 Å². The van der Waals surface area contributed by atoms with Crippen molar-refractivity contribution in [2.45, 2.75) is 39.5 Å². The molecule has 0 amide bonds. The fourth-order valence-corrected chi connectivity index (χ4v) is 2.84. The predicted molar refractivity (Wildman–Crippen MR) is 131 cm³/mol. The van der Waals surface area contributed by atoms with Gasteiger partial charge in [0.1, 0.15) is 11.6 Å². The summed E-state index contributed by atoms with van der Waals surface area (Å²) in [6, 6.07) is 5.23. The van der Waals surface area contributed by atoms with E-state index in [9.17, 15) is 22.0 Å². The summed E-state index contributed by atoms with van der Waals surface area (Å²) in [6.07, 6.45) is 0. The molecule has 12 heteroatoms. The molecule has 0 spiro atoms. The minimum atomic E-state index is -2.19. The Hall–Kier alpha value is -2.37. The van der Waals surface area contributed by atoms with Crippen molar-refractivity contribution in [1.29, 1.82) is 0 Å². The van der Waals surface area contributed by atoms with Gasteiger partial charge in [-0.3, -0.25) is 4.91 Å². The van der Waals surface area contributed by atoms with Gasteiger partial charge >= 0.3 is 16.8 Å². The average Bonchev–Trinajstić information content (AvgIpc) is 2.78. The van der Waals surface area contributed by atoms with E-state index in [4.69, 9.17) is 11.1 Å². The monoisotopic (exact) mass is 559 g/mol. The standard InChI is InChI=1S/C18H17F5N.C6H16N2.Co.N3/c1-8(2)10-6-5-7-11(9(3)4)17(10)24-18-15(22)13(20)12(19)14(21)16(18)23;1-7(2)5-6-8(3)4;;1-3-2/h5-9H,1-4H3;5-6H2,1-4H3;;/q-1;;+2;-1. The van der Waals surface area contributed by atoms with Gasteiger partial charge < -0.3 is 26.2 Å². The van der Waals surface area contributed by atoms with Gasteiger partial charge in [0, 0.05) is 13.1 Å². The van der Waals surface area contributed by atoms with Gasteiger partial charge in [-0.25, -0.2) is 22.0 Å². The molecule has 2 aromatic rings. The molecule has 1 radical (unpaired) electrons. The van der Waals surface area contributed by atoms with E-state index < -0.39 is 34.8 Å².